The zero-order chi connectivity index (χ0) is 38.2. The van der Waals surface area contributed by atoms with Crippen molar-refractivity contribution in [2.24, 2.45) is 0 Å². The van der Waals surface area contributed by atoms with E-state index in [9.17, 15) is 25.4 Å². The maximum atomic E-state index is 13.2. The van der Waals surface area contributed by atoms with Gasteiger partial charge in [0.2, 0.25) is 0 Å². The molecule has 3 aromatic rings. The van der Waals surface area contributed by atoms with Crippen molar-refractivity contribution in [3.8, 4) is 6.07 Å². The first-order valence-electron chi connectivity index (χ1n) is 18.0. The van der Waals surface area contributed by atoms with Crippen molar-refractivity contribution in [1.82, 2.24) is 25.2 Å². The molecule has 2 aromatic carbocycles. The Kier molecular flexibility index (Phi) is 13.6. The van der Waals surface area contributed by atoms with Gasteiger partial charge in [-0.15, -0.1) is 5.10 Å². The predicted molar refractivity (Wildman–Crippen MR) is 198 cm³/mol. The molecule has 0 spiro atoms. The van der Waals surface area contributed by atoms with Gasteiger partial charge in [0.05, 0.1) is 31.1 Å². The van der Waals surface area contributed by atoms with Crippen molar-refractivity contribution >= 4 is 28.4 Å². The van der Waals surface area contributed by atoms with Gasteiger partial charge in [-0.3, -0.25) is 9.69 Å². The molecule has 5 N–H and O–H groups in total. The standard InChI is InChI=1S/C38H53N7O8/c1-37(2,10-15-52-38(3,4)21-30-23-45(43-42-30)24-31-32(46)33(47)34(48)36(50-5)53-31)41-35(49)28(22-39)19-25-6-7-27-20-29(9-8-26(27)18-25)40-11-12-44-13-16-51-17-14-44/h6-9,18-20,23,31-34,36,40,46-48H,10-17,21,24H2,1-5H3,(H,41,49)/b28-19+/t31-,32-,33+,34-,36+/m1/s1. The van der Waals surface area contributed by atoms with Gasteiger partial charge in [0.25, 0.3) is 5.91 Å². The average molecular weight is 736 g/mol. The number of aliphatic hydroxyl groups is 3. The van der Waals surface area contributed by atoms with Gasteiger partial charge in [0.15, 0.2) is 6.29 Å². The van der Waals surface area contributed by atoms with Crippen molar-refractivity contribution in [3.05, 3.63) is 59.4 Å². The van der Waals surface area contributed by atoms with Crippen LogP contribution in [-0.2, 0) is 36.7 Å². The SMILES string of the molecule is CO[C@H]1O[C@H](Cn2cc(CC(C)(C)OCCC(C)(C)NC(=O)/C(C#N)=C/c3ccc4cc(NCCN5CCOCC5)ccc4c3)nn2)[C@@H](O)[C@H](O)[C@H]1O. The highest BCUT2D eigenvalue weighted by molar-refractivity contribution is 6.02. The third-order valence-corrected chi connectivity index (χ3v) is 9.53. The number of hydrogen-bond donors (Lipinski definition) is 5. The molecule has 0 radical (unpaired) electrons. The van der Waals surface area contributed by atoms with Crippen LogP contribution >= 0.6 is 0 Å². The van der Waals surface area contributed by atoms with Gasteiger partial charge in [-0.25, -0.2) is 4.68 Å². The molecule has 15 heteroatoms. The Morgan fingerprint density at radius 3 is 2.55 bits per heavy atom. The van der Waals surface area contributed by atoms with Crippen LogP contribution in [0.4, 0.5) is 5.69 Å². The molecule has 3 heterocycles. The Morgan fingerprint density at radius 2 is 1.81 bits per heavy atom. The van der Waals surface area contributed by atoms with Gasteiger partial charge < -0.3 is 44.9 Å². The van der Waals surface area contributed by atoms with Gasteiger partial charge in [0, 0.05) is 63.7 Å². The van der Waals surface area contributed by atoms with Crippen LogP contribution in [0.25, 0.3) is 16.8 Å². The van der Waals surface area contributed by atoms with E-state index in [1.807, 2.05) is 58.0 Å². The minimum atomic E-state index is -1.43. The zero-order valence-electron chi connectivity index (χ0n) is 31.2. The largest absolute Gasteiger partial charge is 0.388 e. The van der Waals surface area contributed by atoms with E-state index in [0.29, 0.717) is 25.1 Å². The molecule has 2 aliphatic heterocycles. The van der Waals surface area contributed by atoms with Crippen molar-refractivity contribution < 1.29 is 39.1 Å². The molecule has 288 valence electrons. The third-order valence-electron chi connectivity index (χ3n) is 9.53. The summed E-state index contributed by atoms with van der Waals surface area (Å²) >= 11 is 0. The first-order valence-corrected chi connectivity index (χ1v) is 18.0. The number of fused-ring (bicyclic) bond motifs is 1. The lowest BCUT2D eigenvalue weighted by Gasteiger charge is -2.39. The molecule has 5 atom stereocenters. The summed E-state index contributed by atoms with van der Waals surface area (Å²) < 4.78 is 23.8. The highest BCUT2D eigenvalue weighted by atomic mass is 16.7. The van der Waals surface area contributed by atoms with Gasteiger partial charge in [-0.1, -0.05) is 23.4 Å². The highest BCUT2D eigenvalue weighted by Crippen LogP contribution is 2.25. The summed E-state index contributed by atoms with van der Waals surface area (Å²) in [5.41, 5.74) is 1.16. The minimum Gasteiger partial charge on any atom is -0.388 e. The number of ether oxygens (including phenoxy) is 4. The number of nitrogens with zero attached hydrogens (tertiary/aromatic N) is 5. The van der Waals surface area contributed by atoms with Gasteiger partial charge in [-0.2, -0.15) is 5.26 Å². The van der Waals surface area contributed by atoms with Crippen molar-refractivity contribution in [2.45, 2.75) is 88.9 Å². The molecule has 15 nitrogen and oxygen atoms in total. The van der Waals surface area contributed by atoms with E-state index in [2.05, 4.69) is 38.0 Å². The number of carbonyl (C=O) groups is 1. The summed E-state index contributed by atoms with van der Waals surface area (Å²) in [6.45, 7) is 13.3. The van der Waals surface area contributed by atoms with E-state index >= 15 is 0 Å². The van der Waals surface area contributed by atoms with E-state index in [-0.39, 0.29) is 12.1 Å². The maximum absolute atomic E-state index is 13.2. The van der Waals surface area contributed by atoms with E-state index in [1.54, 1.807) is 12.3 Å². The summed E-state index contributed by atoms with van der Waals surface area (Å²) in [7, 11) is 1.34. The fourth-order valence-corrected chi connectivity index (χ4v) is 6.42. The lowest BCUT2D eigenvalue weighted by Crippen LogP contribution is -2.58. The fourth-order valence-electron chi connectivity index (χ4n) is 6.42. The van der Waals surface area contributed by atoms with E-state index in [0.717, 1.165) is 61.4 Å². The molecule has 0 bridgehead atoms. The van der Waals surface area contributed by atoms with E-state index in [4.69, 9.17) is 18.9 Å². The Bertz CT molecular complexity index is 1750. The second kappa shape index (κ2) is 17.9. The second-order valence-electron chi connectivity index (χ2n) is 14.9. The molecular weight excluding hydrogens is 682 g/mol. The molecule has 1 amide bonds. The van der Waals surface area contributed by atoms with Gasteiger partial charge in [0.1, 0.15) is 36.1 Å². The first kappa shape index (κ1) is 40.2. The number of aromatic nitrogens is 3. The summed E-state index contributed by atoms with van der Waals surface area (Å²) in [6, 6.07) is 14.1. The number of nitriles is 1. The summed E-state index contributed by atoms with van der Waals surface area (Å²) in [5.74, 6) is -0.459. The third kappa shape index (κ3) is 11.3. The summed E-state index contributed by atoms with van der Waals surface area (Å²) in [5, 5.41) is 57.3. The van der Waals surface area contributed by atoms with Crippen LogP contribution in [0, 0.1) is 11.3 Å². The number of aliphatic hydroxyl groups excluding tert-OH is 3. The van der Waals surface area contributed by atoms with Crippen LogP contribution in [0.15, 0.2) is 48.2 Å². The number of hydrogen-bond acceptors (Lipinski definition) is 13. The van der Waals surface area contributed by atoms with Crippen LogP contribution in [-0.4, -0.2) is 136 Å². The number of methoxy groups -OCH3 is 1. The van der Waals surface area contributed by atoms with Crippen LogP contribution in [0.2, 0.25) is 0 Å². The van der Waals surface area contributed by atoms with Crippen LogP contribution in [0.3, 0.4) is 0 Å². The van der Waals surface area contributed by atoms with Crippen LogP contribution in [0.1, 0.15) is 45.4 Å². The van der Waals surface area contributed by atoms with Crippen LogP contribution in [0.5, 0.6) is 0 Å². The van der Waals surface area contributed by atoms with Crippen molar-refractivity contribution in [2.75, 3.05) is 58.4 Å². The Balaban J connectivity index is 1.09. The summed E-state index contributed by atoms with van der Waals surface area (Å²) in [6.07, 6.45) is -1.86. The Morgan fingerprint density at radius 1 is 1.08 bits per heavy atom. The topological polar surface area (TPSA) is 196 Å². The molecule has 5 rings (SSSR count). The number of nitrogens with one attached hydrogen (secondary N) is 2. The smallest absolute Gasteiger partial charge is 0.262 e. The lowest BCUT2D eigenvalue weighted by atomic mass is 9.98. The zero-order valence-corrected chi connectivity index (χ0v) is 31.2. The number of rotatable bonds is 16. The molecular formula is C38H53N7O8. The Labute approximate surface area is 310 Å². The molecule has 0 unspecified atom stereocenters. The molecule has 1 aromatic heterocycles. The van der Waals surface area contributed by atoms with E-state index < -0.39 is 47.8 Å². The normalized spacial score (nSPS) is 23.2. The minimum absolute atomic E-state index is 0.0118. The molecule has 0 aliphatic carbocycles. The Hall–Kier alpha value is -3.98. The quantitative estimate of drug-likeness (QED) is 0.106. The van der Waals surface area contributed by atoms with Crippen molar-refractivity contribution in [1.29, 1.82) is 5.26 Å². The molecule has 2 aliphatic rings. The number of carbonyl (C=O) groups excluding carboxylic acids is 1. The van der Waals surface area contributed by atoms with Crippen LogP contribution < -0.4 is 10.6 Å². The number of benzene rings is 2. The monoisotopic (exact) mass is 735 g/mol. The predicted octanol–water partition coefficient (Wildman–Crippen LogP) is 1.86. The van der Waals surface area contributed by atoms with Gasteiger partial charge >= 0.3 is 0 Å². The molecule has 2 fully saturated rings. The fraction of sp³-hybridized carbons (Fsp3) is 0.579. The van der Waals surface area contributed by atoms with Gasteiger partial charge in [-0.05, 0) is 74.7 Å². The first-order chi connectivity index (χ1) is 25.3. The highest BCUT2D eigenvalue weighted by Gasteiger charge is 2.44. The number of morpholine rings is 1. The maximum Gasteiger partial charge on any atom is 0.262 e. The lowest BCUT2D eigenvalue weighted by molar-refractivity contribution is -0.292. The average Bonchev–Trinajstić information content (AvgIpc) is 3.56. The second-order valence-corrected chi connectivity index (χ2v) is 14.9. The van der Waals surface area contributed by atoms with E-state index in [1.165, 1.54) is 11.8 Å². The number of amides is 1. The number of anilines is 1. The molecule has 2 saturated heterocycles. The van der Waals surface area contributed by atoms with Crippen molar-refractivity contribution in [3.63, 3.8) is 0 Å². The molecule has 0 saturated carbocycles. The molecule has 53 heavy (non-hydrogen) atoms. The summed E-state index contributed by atoms with van der Waals surface area (Å²) in [4.78, 5) is 15.6.